The number of alkyl carbamates (subject to hydrolysis) is 1. The number of fused-ring (bicyclic) bond motifs is 3. The van der Waals surface area contributed by atoms with Gasteiger partial charge in [0, 0.05) is 18.0 Å². The van der Waals surface area contributed by atoms with E-state index in [1.54, 1.807) is 0 Å². The van der Waals surface area contributed by atoms with Crippen LogP contribution in [0.2, 0.25) is 0 Å². The first-order valence-electron chi connectivity index (χ1n) is 13.3. The van der Waals surface area contributed by atoms with E-state index in [0.717, 1.165) is 40.5 Å². The average molecular weight is 565 g/mol. The van der Waals surface area contributed by atoms with E-state index in [1.807, 2.05) is 76.2 Å². The Morgan fingerprint density at radius 3 is 2.10 bits per heavy atom. The highest BCUT2D eigenvalue weighted by Gasteiger charge is 2.52. The molecule has 0 unspecified atom stereocenters. The van der Waals surface area contributed by atoms with Crippen molar-refractivity contribution >= 4 is 19.3 Å². The highest BCUT2D eigenvalue weighted by molar-refractivity contribution is 6.56. The molecule has 41 heavy (non-hydrogen) atoms. The van der Waals surface area contributed by atoms with E-state index in [4.69, 9.17) is 14.0 Å². The first kappa shape index (κ1) is 28.8. The third kappa shape index (κ3) is 5.71. The minimum Gasteiger partial charge on any atom is -0.507 e. The lowest BCUT2D eigenvalue weighted by molar-refractivity contribution is -0.137. The number of carbonyl (C=O) groups is 1. The molecule has 1 aliphatic carbocycles. The summed E-state index contributed by atoms with van der Waals surface area (Å²) in [5.74, 6) is -0.485. The molecule has 3 aromatic rings. The zero-order valence-corrected chi connectivity index (χ0v) is 23.2. The van der Waals surface area contributed by atoms with E-state index < -0.39 is 36.2 Å². The summed E-state index contributed by atoms with van der Waals surface area (Å²) in [6.07, 6.45) is -3.96. The van der Waals surface area contributed by atoms with Crippen molar-refractivity contribution in [3.8, 4) is 16.9 Å². The molecule has 0 aromatic heterocycles. The number of carbonyl (C=O) groups excluding carboxylic acids is 1. The fraction of sp³-hybridized carbons (Fsp3) is 0.323. The highest BCUT2D eigenvalue weighted by Crippen LogP contribution is 2.44. The molecular formula is C31H31BF3NO5. The van der Waals surface area contributed by atoms with Gasteiger partial charge >= 0.3 is 19.4 Å². The van der Waals surface area contributed by atoms with E-state index in [-0.39, 0.29) is 30.4 Å². The highest BCUT2D eigenvalue weighted by atomic mass is 19.4. The average Bonchev–Trinajstić information content (AvgIpc) is 3.34. The Bertz CT molecular complexity index is 1440. The predicted octanol–water partition coefficient (Wildman–Crippen LogP) is 6.96. The predicted molar refractivity (Wildman–Crippen MR) is 150 cm³/mol. The van der Waals surface area contributed by atoms with Crippen molar-refractivity contribution < 1.29 is 37.1 Å². The lowest BCUT2D eigenvalue weighted by atomic mass is 9.76. The van der Waals surface area contributed by atoms with Gasteiger partial charge in [0.2, 0.25) is 0 Å². The number of phenols is 1. The summed E-state index contributed by atoms with van der Waals surface area (Å²) in [5, 5.41) is 13.0. The zero-order chi connectivity index (χ0) is 29.6. The Labute approximate surface area is 237 Å². The van der Waals surface area contributed by atoms with Crippen LogP contribution in [0.4, 0.5) is 18.0 Å². The summed E-state index contributed by atoms with van der Waals surface area (Å²) < 4.78 is 57.9. The molecule has 1 saturated heterocycles. The Morgan fingerprint density at radius 2 is 1.54 bits per heavy atom. The van der Waals surface area contributed by atoms with Gasteiger partial charge in [0.05, 0.1) is 16.8 Å². The van der Waals surface area contributed by atoms with Gasteiger partial charge in [-0.2, -0.15) is 13.2 Å². The van der Waals surface area contributed by atoms with Crippen molar-refractivity contribution in [2.45, 2.75) is 51.0 Å². The van der Waals surface area contributed by atoms with Gasteiger partial charge in [-0.05, 0) is 73.6 Å². The van der Waals surface area contributed by atoms with E-state index in [2.05, 4.69) is 5.32 Å². The van der Waals surface area contributed by atoms with Crippen LogP contribution in [0.1, 0.15) is 55.9 Å². The fourth-order valence-corrected chi connectivity index (χ4v) is 5.07. The SMILES string of the molecule is CC1(C)OB(C(=Cc2cc(C(F)(F)F)ccc2O)CNC(=O)OCC2c3ccccc3-c3ccccc32)OC1(C)C. The number of alkyl halides is 3. The zero-order valence-electron chi connectivity index (χ0n) is 23.2. The van der Waals surface area contributed by atoms with Crippen molar-refractivity contribution in [1.82, 2.24) is 5.32 Å². The largest absolute Gasteiger partial charge is 0.507 e. The van der Waals surface area contributed by atoms with Crippen LogP contribution in [0.5, 0.6) is 5.75 Å². The van der Waals surface area contributed by atoms with Gasteiger partial charge in [0.15, 0.2) is 0 Å². The second kappa shape index (κ2) is 10.6. The van der Waals surface area contributed by atoms with Crippen LogP contribution >= 0.6 is 0 Å². The fourth-order valence-electron chi connectivity index (χ4n) is 5.07. The Kier molecular flexibility index (Phi) is 7.42. The van der Waals surface area contributed by atoms with Crippen molar-refractivity contribution in [3.05, 3.63) is 94.5 Å². The summed E-state index contributed by atoms with van der Waals surface area (Å²) in [7, 11) is -0.983. The Balaban J connectivity index is 1.35. The number of amides is 1. The van der Waals surface area contributed by atoms with Crippen LogP contribution in [-0.2, 0) is 20.2 Å². The quantitative estimate of drug-likeness (QED) is 0.316. The van der Waals surface area contributed by atoms with Gasteiger partial charge in [-0.3, -0.25) is 0 Å². The lowest BCUT2D eigenvalue weighted by Crippen LogP contribution is -2.41. The van der Waals surface area contributed by atoms with Crippen molar-refractivity contribution in [2.75, 3.05) is 13.2 Å². The topological polar surface area (TPSA) is 77.0 Å². The summed E-state index contributed by atoms with van der Waals surface area (Å²) in [4.78, 5) is 12.9. The number of phenolic OH excluding ortho intramolecular Hbond substituents is 1. The molecule has 1 aliphatic heterocycles. The number of aromatic hydroxyl groups is 1. The molecular weight excluding hydrogens is 534 g/mol. The van der Waals surface area contributed by atoms with Crippen LogP contribution in [-0.4, -0.2) is 42.7 Å². The summed E-state index contributed by atoms with van der Waals surface area (Å²) in [6, 6.07) is 18.6. The summed E-state index contributed by atoms with van der Waals surface area (Å²) in [5.41, 5.74) is 2.17. The van der Waals surface area contributed by atoms with Gasteiger partial charge in [-0.25, -0.2) is 4.79 Å². The number of benzene rings is 3. The van der Waals surface area contributed by atoms with Crippen molar-refractivity contribution in [3.63, 3.8) is 0 Å². The molecule has 6 nitrogen and oxygen atoms in total. The molecule has 2 aliphatic rings. The van der Waals surface area contributed by atoms with Gasteiger partial charge in [-0.15, -0.1) is 0 Å². The monoisotopic (exact) mass is 565 g/mol. The molecule has 10 heteroatoms. The second-order valence-corrected chi connectivity index (χ2v) is 11.3. The standard InChI is InChI=1S/C31H31BF3NO5/c1-29(2)30(3,4)41-32(40-29)21(16-19-15-20(31(33,34)35)13-14-27(19)37)17-36-28(38)39-18-26-24-11-7-5-9-22(24)23-10-6-8-12-25(23)26/h5-16,26,37H,17-18H2,1-4H3,(H,36,38). The number of nitrogens with one attached hydrogen (secondary N) is 1. The molecule has 0 saturated carbocycles. The summed E-state index contributed by atoms with van der Waals surface area (Å²) in [6.45, 7) is 7.31. The second-order valence-electron chi connectivity index (χ2n) is 11.3. The number of hydrogen-bond acceptors (Lipinski definition) is 5. The van der Waals surface area contributed by atoms with E-state index in [0.29, 0.717) is 5.47 Å². The van der Waals surface area contributed by atoms with Gasteiger partial charge in [0.1, 0.15) is 12.4 Å². The third-order valence-electron chi connectivity index (χ3n) is 8.03. The molecule has 0 bridgehead atoms. The smallest absolute Gasteiger partial charge is 0.492 e. The maximum atomic E-state index is 13.4. The van der Waals surface area contributed by atoms with Crippen molar-refractivity contribution in [1.29, 1.82) is 0 Å². The number of halogens is 3. The van der Waals surface area contributed by atoms with Crippen LogP contribution in [0, 0.1) is 0 Å². The molecule has 0 spiro atoms. The van der Waals surface area contributed by atoms with Crippen LogP contribution in [0.25, 0.3) is 17.2 Å². The van der Waals surface area contributed by atoms with Crippen LogP contribution < -0.4 is 5.32 Å². The van der Waals surface area contributed by atoms with Crippen LogP contribution in [0.15, 0.2) is 72.2 Å². The molecule has 1 amide bonds. The molecule has 2 N–H and O–H groups in total. The normalized spacial score (nSPS) is 17.7. The first-order valence-corrected chi connectivity index (χ1v) is 13.3. The summed E-state index contributed by atoms with van der Waals surface area (Å²) >= 11 is 0. The first-order chi connectivity index (χ1) is 19.3. The molecule has 1 heterocycles. The van der Waals surface area contributed by atoms with E-state index in [9.17, 15) is 23.1 Å². The van der Waals surface area contributed by atoms with Crippen molar-refractivity contribution in [2.24, 2.45) is 0 Å². The number of hydrogen-bond donors (Lipinski definition) is 2. The van der Waals surface area contributed by atoms with Crippen LogP contribution in [0.3, 0.4) is 0 Å². The van der Waals surface area contributed by atoms with E-state index >= 15 is 0 Å². The molecule has 214 valence electrons. The molecule has 0 atom stereocenters. The molecule has 1 fully saturated rings. The Hall–Kier alpha value is -3.76. The third-order valence-corrected chi connectivity index (χ3v) is 8.03. The maximum absolute atomic E-state index is 13.4. The van der Waals surface area contributed by atoms with E-state index in [1.165, 1.54) is 6.08 Å². The minimum atomic E-state index is -4.60. The molecule has 3 aromatic carbocycles. The van der Waals surface area contributed by atoms with Gasteiger partial charge in [-0.1, -0.05) is 54.6 Å². The van der Waals surface area contributed by atoms with Gasteiger partial charge < -0.3 is 24.5 Å². The Morgan fingerprint density at radius 1 is 0.976 bits per heavy atom. The minimum absolute atomic E-state index is 0.0844. The van der Waals surface area contributed by atoms with Gasteiger partial charge in [0.25, 0.3) is 0 Å². The lowest BCUT2D eigenvalue weighted by Gasteiger charge is -2.32. The molecule has 5 rings (SSSR count). The maximum Gasteiger partial charge on any atom is 0.492 e. The number of rotatable bonds is 6. The number of ether oxygens (including phenoxy) is 1. The molecule has 0 radical (unpaired) electrons.